The number of benzene rings is 1. The molecule has 0 bridgehead atoms. The molecule has 3 heterocycles. The number of rotatable bonds is 3. The normalized spacial score (nSPS) is 15.7. The summed E-state index contributed by atoms with van der Waals surface area (Å²) in [6.07, 6.45) is 4.21. The molecule has 3 aromatic rings. The summed E-state index contributed by atoms with van der Waals surface area (Å²) in [6.45, 7) is 5.80. The molecule has 8 nitrogen and oxygen atoms in total. The molecule has 8 heteroatoms. The third-order valence-corrected chi connectivity index (χ3v) is 5.53. The maximum Gasteiger partial charge on any atom is 0.327 e. The number of anilines is 3. The molecule has 0 aliphatic carbocycles. The molecule has 0 unspecified atom stereocenters. The number of nitrogens with zero attached hydrogens (tertiary/aromatic N) is 6. The van der Waals surface area contributed by atoms with Crippen LogP contribution in [-0.2, 0) is 7.05 Å². The first-order valence-corrected chi connectivity index (χ1v) is 10.4. The smallest absolute Gasteiger partial charge is 0.327 e. The van der Waals surface area contributed by atoms with E-state index in [1.54, 1.807) is 28.0 Å². The van der Waals surface area contributed by atoms with Gasteiger partial charge in [-0.15, -0.1) is 0 Å². The number of aromatic nitrogens is 3. The number of carbonyl (C=O) groups excluding carboxylic acids is 1. The van der Waals surface area contributed by atoms with E-state index in [1.165, 1.54) is 0 Å². The average Bonchev–Trinajstić information content (AvgIpc) is 3.12. The van der Waals surface area contributed by atoms with Crippen LogP contribution >= 0.6 is 0 Å². The zero-order chi connectivity index (χ0) is 22.0. The highest BCUT2D eigenvalue weighted by Gasteiger charge is 2.31. The van der Waals surface area contributed by atoms with E-state index in [-0.39, 0.29) is 12.1 Å². The second kappa shape index (κ2) is 8.48. The summed E-state index contributed by atoms with van der Waals surface area (Å²) < 4.78 is 1.65. The molecule has 0 saturated heterocycles. The van der Waals surface area contributed by atoms with Gasteiger partial charge in [-0.25, -0.2) is 9.78 Å². The molecule has 1 atom stereocenters. The minimum absolute atomic E-state index is 0.0415. The fraction of sp³-hybridized carbons (Fsp3) is 0.304. The van der Waals surface area contributed by atoms with Crippen molar-refractivity contribution in [1.82, 2.24) is 14.8 Å². The SMILES string of the molecule is CCN1CC[C@@H](C)N(C(=O)Nc2cnn(C)c2)c2nc(-c3cccc(C#N)c3)ccc21. The van der Waals surface area contributed by atoms with Crippen molar-refractivity contribution in [3.05, 3.63) is 54.4 Å². The molecular formula is C23H25N7O. The van der Waals surface area contributed by atoms with Crippen molar-refractivity contribution in [2.75, 3.05) is 28.2 Å². The molecule has 1 aliphatic rings. The summed E-state index contributed by atoms with van der Waals surface area (Å²) in [6, 6.07) is 13.2. The van der Waals surface area contributed by atoms with Gasteiger partial charge in [0.1, 0.15) is 0 Å². The number of pyridine rings is 1. The van der Waals surface area contributed by atoms with E-state index >= 15 is 0 Å². The van der Waals surface area contributed by atoms with Crippen molar-refractivity contribution >= 4 is 23.2 Å². The van der Waals surface area contributed by atoms with Crippen molar-refractivity contribution in [2.45, 2.75) is 26.3 Å². The van der Waals surface area contributed by atoms with Crippen LogP contribution in [-0.4, -0.2) is 39.9 Å². The van der Waals surface area contributed by atoms with Crippen LogP contribution < -0.4 is 15.1 Å². The molecule has 4 rings (SSSR count). The third-order valence-electron chi connectivity index (χ3n) is 5.53. The first kappa shape index (κ1) is 20.4. The number of hydrogen-bond acceptors (Lipinski definition) is 5. The standard InChI is InChI=1S/C23H25N7O/c1-4-29-11-10-16(2)30(23(31)26-19-14-25-28(3)15-19)22-21(29)9-8-20(27-22)18-7-5-6-17(12-18)13-24/h5-9,12,14-16H,4,10-11H2,1-3H3,(H,26,31)/t16-/m1/s1. The largest absolute Gasteiger partial charge is 0.369 e. The van der Waals surface area contributed by atoms with Crippen LogP contribution in [0, 0.1) is 11.3 Å². The zero-order valence-corrected chi connectivity index (χ0v) is 17.9. The summed E-state index contributed by atoms with van der Waals surface area (Å²) in [5.74, 6) is 0.619. The number of aryl methyl sites for hydroxylation is 1. The molecule has 1 aromatic carbocycles. The molecule has 0 radical (unpaired) electrons. The highest BCUT2D eigenvalue weighted by molar-refractivity contribution is 6.03. The second-order valence-corrected chi connectivity index (χ2v) is 7.65. The molecule has 0 spiro atoms. The van der Waals surface area contributed by atoms with Gasteiger partial charge in [-0.1, -0.05) is 12.1 Å². The number of amides is 2. The molecular weight excluding hydrogens is 390 g/mol. The van der Waals surface area contributed by atoms with E-state index in [1.807, 2.05) is 44.3 Å². The predicted octanol–water partition coefficient (Wildman–Crippen LogP) is 4.01. The van der Waals surface area contributed by atoms with Gasteiger partial charge < -0.3 is 10.2 Å². The van der Waals surface area contributed by atoms with Gasteiger partial charge in [-0.3, -0.25) is 9.58 Å². The van der Waals surface area contributed by atoms with Crippen LogP contribution in [0.2, 0.25) is 0 Å². The van der Waals surface area contributed by atoms with Crippen molar-refractivity contribution in [1.29, 1.82) is 5.26 Å². The summed E-state index contributed by atoms with van der Waals surface area (Å²) in [4.78, 5) is 22.2. The number of urea groups is 1. The van der Waals surface area contributed by atoms with Gasteiger partial charge in [0.25, 0.3) is 0 Å². The highest BCUT2D eigenvalue weighted by atomic mass is 16.2. The zero-order valence-electron chi connectivity index (χ0n) is 17.9. The summed E-state index contributed by atoms with van der Waals surface area (Å²) in [7, 11) is 1.81. The van der Waals surface area contributed by atoms with Crippen LogP contribution in [0.1, 0.15) is 25.8 Å². The lowest BCUT2D eigenvalue weighted by Gasteiger charge is -2.28. The molecule has 31 heavy (non-hydrogen) atoms. The Morgan fingerprint density at radius 3 is 2.87 bits per heavy atom. The first-order valence-electron chi connectivity index (χ1n) is 10.4. The Morgan fingerprint density at radius 1 is 1.32 bits per heavy atom. The van der Waals surface area contributed by atoms with Gasteiger partial charge in [-0.2, -0.15) is 10.4 Å². The molecule has 0 saturated carbocycles. The number of nitrogens with one attached hydrogen (secondary N) is 1. The van der Waals surface area contributed by atoms with Crippen LogP contribution in [0.3, 0.4) is 0 Å². The highest BCUT2D eigenvalue weighted by Crippen LogP contribution is 2.35. The molecule has 1 aliphatic heterocycles. The van der Waals surface area contributed by atoms with E-state index in [4.69, 9.17) is 4.98 Å². The summed E-state index contributed by atoms with van der Waals surface area (Å²) in [5.41, 5.74) is 3.70. The van der Waals surface area contributed by atoms with E-state index in [0.29, 0.717) is 17.1 Å². The van der Waals surface area contributed by atoms with Gasteiger partial charge in [0.05, 0.1) is 34.9 Å². The minimum atomic E-state index is -0.241. The lowest BCUT2D eigenvalue weighted by molar-refractivity contribution is 0.255. The molecule has 2 aromatic heterocycles. The van der Waals surface area contributed by atoms with Gasteiger partial charge in [-0.05, 0) is 44.5 Å². The maximum absolute atomic E-state index is 13.3. The fourth-order valence-corrected chi connectivity index (χ4v) is 3.87. The van der Waals surface area contributed by atoms with Crippen LogP contribution in [0.25, 0.3) is 11.3 Å². The maximum atomic E-state index is 13.3. The van der Waals surface area contributed by atoms with Crippen molar-refractivity contribution in [3.8, 4) is 17.3 Å². The van der Waals surface area contributed by atoms with E-state index in [0.717, 1.165) is 36.5 Å². The van der Waals surface area contributed by atoms with Gasteiger partial charge in [0.2, 0.25) is 0 Å². The Labute approximate surface area is 181 Å². The third kappa shape index (κ3) is 4.08. The minimum Gasteiger partial charge on any atom is -0.369 e. The van der Waals surface area contributed by atoms with E-state index in [2.05, 4.69) is 28.3 Å². The summed E-state index contributed by atoms with van der Waals surface area (Å²) in [5, 5.41) is 16.3. The quantitative estimate of drug-likeness (QED) is 0.698. The lowest BCUT2D eigenvalue weighted by atomic mass is 10.1. The van der Waals surface area contributed by atoms with Crippen LogP contribution in [0.4, 0.5) is 22.0 Å². The Kier molecular flexibility index (Phi) is 5.58. The molecule has 0 fully saturated rings. The first-order chi connectivity index (χ1) is 15.0. The summed E-state index contributed by atoms with van der Waals surface area (Å²) >= 11 is 0. The monoisotopic (exact) mass is 415 g/mol. The Hall–Kier alpha value is -3.86. The van der Waals surface area contributed by atoms with Gasteiger partial charge >= 0.3 is 6.03 Å². The van der Waals surface area contributed by atoms with Crippen molar-refractivity contribution < 1.29 is 4.79 Å². The molecule has 158 valence electrons. The van der Waals surface area contributed by atoms with Crippen molar-refractivity contribution in [3.63, 3.8) is 0 Å². The lowest BCUT2D eigenvalue weighted by Crippen LogP contribution is -2.42. The Bertz CT molecular complexity index is 1150. The van der Waals surface area contributed by atoms with Crippen LogP contribution in [0.5, 0.6) is 0 Å². The van der Waals surface area contributed by atoms with E-state index in [9.17, 15) is 10.1 Å². The van der Waals surface area contributed by atoms with Crippen molar-refractivity contribution in [2.24, 2.45) is 7.05 Å². The topological polar surface area (TPSA) is 90.1 Å². The molecule has 1 N–H and O–H groups in total. The average molecular weight is 416 g/mol. The number of hydrogen-bond donors (Lipinski definition) is 1. The molecule has 2 amide bonds. The van der Waals surface area contributed by atoms with Crippen LogP contribution in [0.15, 0.2) is 48.8 Å². The Balaban J connectivity index is 1.78. The number of nitriles is 1. The van der Waals surface area contributed by atoms with E-state index < -0.39 is 0 Å². The second-order valence-electron chi connectivity index (χ2n) is 7.65. The van der Waals surface area contributed by atoms with Gasteiger partial charge in [0.15, 0.2) is 5.82 Å². The predicted molar refractivity (Wildman–Crippen MR) is 121 cm³/mol. The number of carbonyl (C=O) groups is 1. The number of fused-ring (bicyclic) bond motifs is 1. The van der Waals surface area contributed by atoms with Gasteiger partial charge in [0, 0.05) is 37.9 Å². The fourth-order valence-electron chi connectivity index (χ4n) is 3.87. The Morgan fingerprint density at radius 2 is 2.16 bits per heavy atom.